The summed E-state index contributed by atoms with van der Waals surface area (Å²) in [5.74, 6) is 2.06. The van der Waals surface area contributed by atoms with E-state index in [9.17, 15) is 0 Å². The average molecular weight is 385 g/mol. The summed E-state index contributed by atoms with van der Waals surface area (Å²) < 4.78 is 1.99. The highest BCUT2D eigenvalue weighted by Gasteiger charge is 2.15. The summed E-state index contributed by atoms with van der Waals surface area (Å²) in [6.07, 6.45) is 7.32. The smallest absolute Gasteiger partial charge is 0.226 e. The summed E-state index contributed by atoms with van der Waals surface area (Å²) in [5, 5.41) is 0. The van der Waals surface area contributed by atoms with Crippen LogP contribution in [0.15, 0.2) is 61.2 Å². The molecule has 0 saturated carbocycles. The molecule has 3 heterocycles. The van der Waals surface area contributed by atoms with Crippen LogP contribution in [0.1, 0.15) is 11.4 Å². The Balaban J connectivity index is 1.77. The fourth-order valence-electron chi connectivity index (χ4n) is 3.10. The molecule has 4 aromatic rings. The van der Waals surface area contributed by atoms with Crippen LogP contribution < -0.4 is 10.6 Å². The highest BCUT2D eigenvalue weighted by molar-refractivity contribution is 5.80. The fourth-order valence-corrected chi connectivity index (χ4v) is 3.10. The normalized spacial score (nSPS) is 10.9. The van der Waals surface area contributed by atoms with E-state index in [1.807, 2.05) is 42.0 Å². The van der Waals surface area contributed by atoms with Gasteiger partial charge in [0.2, 0.25) is 5.95 Å². The van der Waals surface area contributed by atoms with Crippen LogP contribution in [0.5, 0.6) is 0 Å². The van der Waals surface area contributed by atoms with Gasteiger partial charge in [-0.3, -0.25) is 0 Å². The van der Waals surface area contributed by atoms with Crippen molar-refractivity contribution in [3.63, 3.8) is 0 Å². The predicted molar refractivity (Wildman–Crippen MR) is 115 cm³/mol. The minimum absolute atomic E-state index is 0.484. The second-order valence-electron chi connectivity index (χ2n) is 7.08. The lowest BCUT2D eigenvalue weighted by Crippen LogP contribution is -2.21. The van der Waals surface area contributed by atoms with Gasteiger partial charge >= 0.3 is 0 Å². The summed E-state index contributed by atoms with van der Waals surface area (Å²) in [6, 6.07) is 12.0. The van der Waals surface area contributed by atoms with Gasteiger partial charge in [0.15, 0.2) is 0 Å². The Hall–Kier alpha value is -3.74. The number of nitrogen functional groups attached to an aromatic ring is 1. The van der Waals surface area contributed by atoms with Crippen molar-refractivity contribution in [3.8, 4) is 22.4 Å². The fraction of sp³-hybridized carbons (Fsp3) is 0.182. The molecule has 146 valence electrons. The third-order valence-electron chi connectivity index (χ3n) is 4.84. The van der Waals surface area contributed by atoms with Crippen molar-refractivity contribution in [1.82, 2.24) is 24.5 Å². The van der Waals surface area contributed by atoms with Crippen molar-refractivity contribution in [3.05, 3.63) is 72.6 Å². The first-order chi connectivity index (χ1) is 14.0. The first-order valence-corrected chi connectivity index (χ1v) is 9.34. The van der Waals surface area contributed by atoms with E-state index in [-0.39, 0.29) is 0 Å². The number of aromatic nitrogens is 5. The molecule has 3 aromatic heterocycles. The molecule has 0 saturated heterocycles. The number of nitrogens with zero attached hydrogens (tertiary/aromatic N) is 6. The third kappa shape index (κ3) is 3.94. The largest absolute Gasteiger partial charge is 0.384 e. The SMILES string of the molecule is Cc1ccc(-c2nc(N(C)Cc3nccn3C)ncc2-c2ccc(N)nc2)cc1. The molecule has 0 fully saturated rings. The second-order valence-corrected chi connectivity index (χ2v) is 7.08. The van der Waals surface area contributed by atoms with Gasteiger partial charge in [-0.2, -0.15) is 0 Å². The summed E-state index contributed by atoms with van der Waals surface area (Å²) in [7, 11) is 3.94. The van der Waals surface area contributed by atoms with E-state index in [1.165, 1.54) is 5.56 Å². The van der Waals surface area contributed by atoms with Gasteiger partial charge in [-0.15, -0.1) is 0 Å². The summed E-state index contributed by atoms with van der Waals surface area (Å²) in [5.41, 5.74) is 10.7. The maximum atomic E-state index is 5.75. The average Bonchev–Trinajstić information content (AvgIpc) is 3.13. The Morgan fingerprint density at radius 1 is 0.966 bits per heavy atom. The zero-order valence-corrected chi connectivity index (χ0v) is 16.7. The van der Waals surface area contributed by atoms with Gasteiger partial charge in [0.05, 0.1) is 12.2 Å². The molecule has 2 N–H and O–H groups in total. The zero-order valence-electron chi connectivity index (χ0n) is 16.7. The van der Waals surface area contributed by atoms with Crippen molar-refractivity contribution >= 4 is 11.8 Å². The zero-order chi connectivity index (χ0) is 20.4. The van der Waals surface area contributed by atoms with Crippen molar-refractivity contribution in [2.75, 3.05) is 17.7 Å². The number of nitrogens with two attached hydrogens (primary N) is 1. The van der Waals surface area contributed by atoms with Gasteiger partial charge in [0.1, 0.15) is 11.6 Å². The highest BCUT2D eigenvalue weighted by atomic mass is 15.2. The molecule has 0 spiro atoms. The number of hydrogen-bond donors (Lipinski definition) is 1. The Morgan fingerprint density at radius 3 is 2.38 bits per heavy atom. The van der Waals surface area contributed by atoms with Crippen LogP contribution in [-0.2, 0) is 13.6 Å². The van der Waals surface area contributed by atoms with Crippen LogP contribution >= 0.6 is 0 Å². The number of rotatable bonds is 5. The van der Waals surface area contributed by atoms with Crippen LogP contribution in [0.3, 0.4) is 0 Å². The van der Waals surface area contributed by atoms with E-state index in [4.69, 9.17) is 10.7 Å². The molecule has 0 aliphatic carbocycles. The topological polar surface area (TPSA) is 85.8 Å². The molecule has 1 aromatic carbocycles. The monoisotopic (exact) mass is 385 g/mol. The van der Waals surface area contributed by atoms with E-state index in [2.05, 4.69) is 46.1 Å². The lowest BCUT2D eigenvalue weighted by molar-refractivity contribution is 0.747. The summed E-state index contributed by atoms with van der Waals surface area (Å²) >= 11 is 0. The first-order valence-electron chi connectivity index (χ1n) is 9.34. The predicted octanol–water partition coefficient (Wildman–Crippen LogP) is 3.47. The van der Waals surface area contributed by atoms with Gasteiger partial charge in [-0.25, -0.2) is 19.9 Å². The summed E-state index contributed by atoms with van der Waals surface area (Å²) in [4.78, 5) is 20.1. The second kappa shape index (κ2) is 7.71. The molecule has 0 aliphatic heterocycles. The number of anilines is 2. The van der Waals surface area contributed by atoms with Gasteiger partial charge in [-0.1, -0.05) is 29.8 Å². The minimum atomic E-state index is 0.484. The van der Waals surface area contributed by atoms with Gasteiger partial charge < -0.3 is 15.2 Å². The first kappa shape index (κ1) is 18.6. The molecular weight excluding hydrogens is 362 g/mol. The molecule has 29 heavy (non-hydrogen) atoms. The molecule has 0 aliphatic rings. The Morgan fingerprint density at radius 2 is 1.72 bits per heavy atom. The Bertz CT molecular complexity index is 1110. The van der Waals surface area contributed by atoms with Crippen molar-refractivity contribution in [2.24, 2.45) is 7.05 Å². The highest BCUT2D eigenvalue weighted by Crippen LogP contribution is 2.31. The molecule has 0 unspecified atom stereocenters. The van der Waals surface area contributed by atoms with Gasteiger partial charge in [0.25, 0.3) is 0 Å². The number of benzene rings is 1. The number of hydrogen-bond acceptors (Lipinski definition) is 6. The van der Waals surface area contributed by atoms with E-state index >= 15 is 0 Å². The van der Waals surface area contributed by atoms with Crippen LogP contribution in [0.4, 0.5) is 11.8 Å². The number of imidazole rings is 1. The maximum absolute atomic E-state index is 5.75. The lowest BCUT2D eigenvalue weighted by atomic mass is 10.0. The van der Waals surface area contributed by atoms with Crippen molar-refractivity contribution in [1.29, 1.82) is 0 Å². The van der Waals surface area contributed by atoms with Crippen LogP contribution in [0.2, 0.25) is 0 Å². The molecule has 0 amide bonds. The lowest BCUT2D eigenvalue weighted by Gasteiger charge is -2.19. The molecule has 0 bridgehead atoms. The molecule has 7 nitrogen and oxygen atoms in total. The molecule has 0 radical (unpaired) electrons. The van der Waals surface area contributed by atoms with Gasteiger partial charge in [0, 0.05) is 55.6 Å². The van der Waals surface area contributed by atoms with Gasteiger partial charge in [-0.05, 0) is 19.1 Å². The van der Waals surface area contributed by atoms with Crippen molar-refractivity contribution < 1.29 is 0 Å². The Kier molecular flexibility index (Phi) is 4.95. The maximum Gasteiger partial charge on any atom is 0.226 e. The Labute approximate surface area is 169 Å². The van der Waals surface area contributed by atoms with Crippen LogP contribution in [0.25, 0.3) is 22.4 Å². The molecule has 7 heteroatoms. The third-order valence-corrected chi connectivity index (χ3v) is 4.84. The minimum Gasteiger partial charge on any atom is -0.384 e. The van der Waals surface area contributed by atoms with E-state index < -0.39 is 0 Å². The van der Waals surface area contributed by atoms with Crippen LogP contribution in [-0.4, -0.2) is 31.6 Å². The quantitative estimate of drug-likeness (QED) is 0.566. The van der Waals surface area contributed by atoms with E-state index in [0.29, 0.717) is 18.3 Å². The molecule has 4 rings (SSSR count). The number of aryl methyl sites for hydroxylation is 2. The number of pyridine rings is 1. The van der Waals surface area contributed by atoms with E-state index in [0.717, 1.165) is 28.2 Å². The van der Waals surface area contributed by atoms with Crippen LogP contribution in [0, 0.1) is 6.92 Å². The van der Waals surface area contributed by atoms with Crippen molar-refractivity contribution in [2.45, 2.75) is 13.5 Å². The molecular formula is C22H23N7. The molecule has 0 atom stereocenters. The van der Waals surface area contributed by atoms with E-state index in [1.54, 1.807) is 18.5 Å². The standard InChI is InChI=1S/C22H23N7/c1-15-4-6-16(7-5-15)21-18(17-8-9-19(23)25-12-17)13-26-22(27-21)29(3)14-20-24-10-11-28(20)2/h4-13H,14H2,1-3H3,(H2,23,25). The summed E-state index contributed by atoms with van der Waals surface area (Å²) in [6.45, 7) is 2.68.